The topological polar surface area (TPSA) is 97.8 Å². The minimum atomic E-state index is 0.00497. The molecule has 6 rings (SSSR count). The van der Waals surface area contributed by atoms with Crippen molar-refractivity contribution in [2.45, 2.75) is 55.4 Å². The Kier molecular flexibility index (Phi) is 8.15. The monoisotopic (exact) mass is 556 g/mol. The Balaban J connectivity index is 1.15. The van der Waals surface area contributed by atoms with E-state index in [1.807, 2.05) is 31.2 Å². The molecule has 208 valence electrons. The van der Waals surface area contributed by atoms with E-state index in [1.165, 1.54) is 35.9 Å². The molecular weight excluding hydrogens is 520 g/mol. The van der Waals surface area contributed by atoms with Crippen molar-refractivity contribution in [2.24, 2.45) is 11.0 Å². The van der Waals surface area contributed by atoms with E-state index in [0.717, 1.165) is 61.4 Å². The molecule has 1 amide bonds. The van der Waals surface area contributed by atoms with Crippen LogP contribution in [-0.4, -0.2) is 58.8 Å². The van der Waals surface area contributed by atoms with Gasteiger partial charge in [0, 0.05) is 67.9 Å². The Labute approximate surface area is 239 Å². The number of nitrogens with one attached hydrogen (secondary N) is 3. The first kappa shape index (κ1) is 26.6. The minimum Gasteiger partial charge on any atom is -0.354 e. The van der Waals surface area contributed by atoms with Crippen LogP contribution in [0.1, 0.15) is 38.2 Å². The molecule has 40 heavy (non-hydrogen) atoms. The lowest BCUT2D eigenvalue weighted by Gasteiger charge is -2.35. The predicted molar refractivity (Wildman–Crippen MR) is 161 cm³/mol. The summed E-state index contributed by atoms with van der Waals surface area (Å²) in [7, 11) is 0. The van der Waals surface area contributed by atoms with Gasteiger partial charge < -0.3 is 15.5 Å². The molecule has 1 atom stereocenters. The molecule has 2 fully saturated rings. The number of anilines is 3. The predicted octanol–water partition coefficient (Wildman–Crippen LogP) is 4.80. The van der Waals surface area contributed by atoms with E-state index in [2.05, 4.69) is 67.4 Å². The molecule has 1 aromatic heterocycles. The molecule has 0 bridgehead atoms. The van der Waals surface area contributed by atoms with Crippen LogP contribution in [0.3, 0.4) is 0 Å². The van der Waals surface area contributed by atoms with Gasteiger partial charge in [0.25, 0.3) is 0 Å². The van der Waals surface area contributed by atoms with Crippen LogP contribution >= 0.6 is 11.8 Å². The normalized spacial score (nSPS) is 19.2. The third-order valence-corrected chi connectivity index (χ3v) is 8.33. The number of hydrogen-bond donors (Lipinski definition) is 3. The first-order valence-corrected chi connectivity index (χ1v) is 15.0. The summed E-state index contributed by atoms with van der Waals surface area (Å²) in [5, 5.41) is 11.7. The van der Waals surface area contributed by atoms with Gasteiger partial charge in [0.2, 0.25) is 5.91 Å². The average molecular weight is 557 g/mol. The largest absolute Gasteiger partial charge is 0.354 e. The summed E-state index contributed by atoms with van der Waals surface area (Å²) in [6.07, 6.45) is 3.90. The summed E-state index contributed by atoms with van der Waals surface area (Å²) < 4.78 is 0. The lowest BCUT2D eigenvalue weighted by atomic mass is 10.1. The summed E-state index contributed by atoms with van der Waals surface area (Å²) in [6, 6.07) is 20.6. The van der Waals surface area contributed by atoms with E-state index in [0.29, 0.717) is 17.5 Å². The standard InChI is InChI=1S/C30H36N8OS/c1-2-29(39)31-23-10-12-24(13-11-23)40-30-33-26(32-27-18-25(35-36-27)22-8-9-22)19-28(34-30)38-16-14-37(15-17-38)20-21-6-4-3-5-7-21/h3-7,10-13,19,22,27,36H,2,8-9,14-18,20H2,1H3,(H,31,39)(H,32,33,34). The van der Waals surface area contributed by atoms with E-state index < -0.39 is 0 Å². The lowest BCUT2D eigenvalue weighted by Crippen LogP contribution is -2.46. The Bertz CT molecular complexity index is 1340. The highest BCUT2D eigenvalue weighted by Crippen LogP contribution is 2.34. The van der Waals surface area contributed by atoms with Crippen LogP contribution < -0.4 is 21.0 Å². The van der Waals surface area contributed by atoms with Gasteiger partial charge in [-0.15, -0.1) is 0 Å². The van der Waals surface area contributed by atoms with Gasteiger partial charge in [-0.05, 0) is 60.4 Å². The Morgan fingerprint density at radius 1 is 1.02 bits per heavy atom. The number of nitrogens with zero attached hydrogens (tertiary/aromatic N) is 5. The summed E-state index contributed by atoms with van der Waals surface area (Å²) in [6.45, 7) is 6.61. The maximum atomic E-state index is 11.7. The van der Waals surface area contributed by atoms with Crippen LogP contribution in [0.4, 0.5) is 17.3 Å². The fraction of sp³-hybridized carbons (Fsp3) is 0.400. The second-order valence-corrected chi connectivity index (χ2v) is 11.6. The zero-order chi connectivity index (χ0) is 27.3. The van der Waals surface area contributed by atoms with Crippen molar-refractivity contribution in [3.05, 3.63) is 66.2 Å². The number of rotatable bonds is 10. The van der Waals surface area contributed by atoms with E-state index in [-0.39, 0.29) is 12.1 Å². The number of amides is 1. The molecule has 1 saturated carbocycles. The van der Waals surface area contributed by atoms with Gasteiger partial charge in [-0.1, -0.05) is 37.3 Å². The second kappa shape index (κ2) is 12.3. The molecule has 2 aliphatic heterocycles. The quantitative estimate of drug-likeness (QED) is 0.307. The highest BCUT2D eigenvalue weighted by Gasteiger charge is 2.32. The van der Waals surface area contributed by atoms with Crippen LogP contribution in [0.15, 0.2) is 75.8 Å². The van der Waals surface area contributed by atoms with E-state index in [9.17, 15) is 4.79 Å². The Morgan fingerprint density at radius 3 is 2.52 bits per heavy atom. The number of hydrogen-bond acceptors (Lipinski definition) is 9. The highest BCUT2D eigenvalue weighted by atomic mass is 32.2. The molecule has 3 N–H and O–H groups in total. The number of piperazine rings is 1. The zero-order valence-corrected chi connectivity index (χ0v) is 23.7. The van der Waals surface area contributed by atoms with Crippen molar-refractivity contribution < 1.29 is 4.79 Å². The SMILES string of the molecule is CCC(=O)Nc1ccc(Sc2nc(NC3CC(C4CC4)=NN3)cc(N3CCN(Cc4ccccc4)CC3)n2)cc1. The van der Waals surface area contributed by atoms with Crippen LogP contribution in [0, 0.1) is 5.92 Å². The lowest BCUT2D eigenvalue weighted by molar-refractivity contribution is -0.115. The smallest absolute Gasteiger partial charge is 0.224 e. The van der Waals surface area contributed by atoms with Gasteiger partial charge in [-0.2, -0.15) is 5.10 Å². The molecule has 0 radical (unpaired) electrons. The maximum absolute atomic E-state index is 11.7. The highest BCUT2D eigenvalue weighted by molar-refractivity contribution is 7.99. The molecule has 3 aliphatic rings. The van der Waals surface area contributed by atoms with E-state index in [1.54, 1.807) is 0 Å². The third kappa shape index (κ3) is 6.92. The van der Waals surface area contributed by atoms with Crippen molar-refractivity contribution in [1.29, 1.82) is 0 Å². The molecule has 1 saturated heterocycles. The van der Waals surface area contributed by atoms with Gasteiger partial charge in [-0.25, -0.2) is 9.97 Å². The third-order valence-electron chi connectivity index (χ3n) is 7.45. The minimum absolute atomic E-state index is 0.00497. The van der Waals surface area contributed by atoms with Crippen molar-refractivity contribution >= 4 is 40.7 Å². The molecule has 1 unspecified atom stereocenters. The molecule has 10 heteroatoms. The van der Waals surface area contributed by atoms with E-state index >= 15 is 0 Å². The van der Waals surface area contributed by atoms with Crippen molar-refractivity contribution in [3.63, 3.8) is 0 Å². The van der Waals surface area contributed by atoms with Gasteiger partial charge in [0.05, 0.1) is 0 Å². The number of hydrazone groups is 1. The van der Waals surface area contributed by atoms with Gasteiger partial charge in [0.15, 0.2) is 5.16 Å². The number of carbonyl (C=O) groups is 1. The van der Waals surface area contributed by atoms with Crippen LogP contribution in [-0.2, 0) is 11.3 Å². The average Bonchev–Trinajstić information content (AvgIpc) is 3.73. The number of carbonyl (C=O) groups excluding carboxylic acids is 1. The Morgan fingerprint density at radius 2 is 1.80 bits per heavy atom. The fourth-order valence-corrected chi connectivity index (χ4v) is 5.80. The number of benzene rings is 2. The number of aromatic nitrogens is 2. The molecule has 2 aromatic carbocycles. The van der Waals surface area contributed by atoms with Gasteiger partial charge in [-0.3, -0.25) is 15.1 Å². The van der Waals surface area contributed by atoms with Crippen LogP contribution in [0.25, 0.3) is 0 Å². The zero-order valence-electron chi connectivity index (χ0n) is 22.8. The van der Waals surface area contributed by atoms with Crippen molar-refractivity contribution in [3.8, 4) is 0 Å². The van der Waals surface area contributed by atoms with Gasteiger partial charge >= 0.3 is 0 Å². The second-order valence-electron chi connectivity index (χ2n) is 10.6. The fourth-order valence-electron chi connectivity index (χ4n) is 5.03. The summed E-state index contributed by atoms with van der Waals surface area (Å²) in [5.41, 5.74) is 6.66. The first-order chi connectivity index (χ1) is 19.6. The van der Waals surface area contributed by atoms with E-state index in [4.69, 9.17) is 9.97 Å². The maximum Gasteiger partial charge on any atom is 0.224 e. The van der Waals surface area contributed by atoms with Gasteiger partial charge in [0.1, 0.15) is 17.8 Å². The van der Waals surface area contributed by atoms with Crippen molar-refractivity contribution in [2.75, 3.05) is 41.7 Å². The first-order valence-electron chi connectivity index (χ1n) is 14.2. The molecule has 0 spiro atoms. The summed E-state index contributed by atoms with van der Waals surface area (Å²) >= 11 is 1.53. The van der Waals surface area contributed by atoms with Crippen molar-refractivity contribution in [1.82, 2.24) is 20.3 Å². The molecule has 1 aliphatic carbocycles. The molecular formula is C30H36N8OS. The van der Waals surface area contributed by atoms with Crippen LogP contribution in [0.2, 0.25) is 0 Å². The Hall–Kier alpha value is -3.63. The van der Waals surface area contributed by atoms with Crippen LogP contribution in [0.5, 0.6) is 0 Å². The molecule has 3 heterocycles. The molecule has 3 aromatic rings. The summed E-state index contributed by atoms with van der Waals surface area (Å²) in [4.78, 5) is 27.5. The summed E-state index contributed by atoms with van der Waals surface area (Å²) in [5.74, 6) is 2.40. The molecule has 9 nitrogen and oxygen atoms in total.